The normalized spacial score (nSPS) is 10.2. The molecule has 0 saturated carbocycles. The number of benzene rings is 1. The first-order valence-corrected chi connectivity index (χ1v) is 5.73. The highest BCUT2D eigenvalue weighted by Crippen LogP contribution is 2.23. The number of halogens is 1. The minimum atomic E-state index is -0.597. The molecule has 0 radical (unpaired) electrons. The van der Waals surface area contributed by atoms with Gasteiger partial charge < -0.3 is 10.5 Å². The van der Waals surface area contributed by atoms with E-state index in [0.717, 1.165) is 5.56 Å². The van der Waals surface area contributed by atoms with Crippen molar-refractivity contribution in [2.24, 2.45) is 0 Å². The first-order valence-electron chi connectivity index (χ1n) is 5.35. The Labute approximate surface area is 113 Å². The fourth-order valence-electron chi connectivity index (χ4n) is 1.45. The molecule has 0 aliphatic heterocycles. The molecule has 1 aromatic heterocycles. The van der Waals surface area contributed by atoms with Gasteiger partial charge in [0.2, 0.25) is 11.7 Å². The summed E-state index contributed by atoms with van der Waals surface area (Å²) in [5, 5.41) is 11.2. The Morgan fingerprint density at radius 2 is 2.05 bits per heavy atom. The first kappa shape index (κ1) is 13.1. The molecular formula is C12H10ClN3O3. The van der Waals surface area contributed by atoms with Crippen molar-refractivity contribution in [3.8, 4) is 5.88 Å². The Balaban J connectivity index is 2.11. The first-order chi connectivity index (χ1) is 9.08. The van der Waals surface area contributed by atoms with Crippen molar-refractivity contribution in [3.63, 3.8) is 0 Å². The molecule has 98 valence electrons. The molecule has 0 spiro atoms. The van der Waals surface area contributed by atoms with Crippen LogP contribution in [0.5, 0.6) is 5.88 Å². The molecule has 19 heavy (non-hydrogen) atoms. The van der Waals surface area contributed by atoms with Gasteiger partial charge in [-0.2, -0.15) is 4.98 Å². The molecule has 1 aromatic carbocycles. The molecule has 0 atom stereocenters. The Kier molecular flexibility index (Phi) is 3.82. The lowest BCUT2D eigenvalue weighted by molar-refractivity contribution is -0.384. The number of nitrogens with two attached hydrogens (primary N) is 1. The van der Waals surface area contributed by atoms with E-state index in [1.54, 1.807) is 6.07 Å². The van der Waals surface area contributed by atoms with E-state index in [0.29, 0.717) is 5.02 Å². The molecule has 2 aromatic rings. The fraction of sp³-hybridized carbons (Fsp3) is 0.0833. The van der Waals surface area contributed by atoms with Crippen LogP contribution in [0.15, 0.2) is 36.4 Å². The van der Waals surface area contributed by atoms with E-state index in [-0.39, 0.29) is 24.0 Å². The van der Waals surface area contributed by atoms with Crippen molar-refractivity contribution in [2.75, 3.05) is 5.73 Å². The molecule has 0 bridgehead atoms. The van der Waals surface area contributed by atoms with Crippen molar-refractivity contribution >= 4 is 23.1 Å². The molecule has 0 amide bonds. The number of pyridine rings is 1. The number of aromatic nitrogens is 1. The molecule has 0 fully saturated rings. The largest absolute Gasteiger partial charge is 0.473 e. The minimum absolute atomic E-state index is 0.179. The maximum Gasteiger partial charge on any atom is 0.311 e. The van der Waals surface area contributed by atoms with E-state index in [1.165, 1.54) is 12.1 Å². The maximum absolute atomic E-state index is 10.6. The summed E-state index contributed by atoms with van der Waals surface area (Å²) in [6.07, 6.45) is 0. The third-order valence-corrected chi connectivity index (χ3v) is 2.78. The molecule has 2 rings (SSSR count). The van der Waals surface area contributed by atoms with Crippen LogP contribution in [0.25, 0.3) is 0 Å². The van der Waals surface area contributed by atoms with Gasteiger partial charge >= 0.3 is 5.69 Å². The van der Waals surface area contributed by atoms with E-state index in [9.17, 15) is 10.1 Å². The number of nitrogens with zero attached hydrogens (tertiary/aromatic N) is 2. The van der Waals surface area contributed by atoms with E-state index in [1.807, 2.05) is 18.2 Å². The fourth-order valence-corrected chi connectivity index (χ4v) is 1.64. The topological polar surface area (TPSA) is 91.3 Å². The summed E-state index contributed by atoms with van der Waals surface area (Å²) in [7, 11) is 0. The number of ether oxygens (including phenoxy) is 1. The predicted molar refractivity (Wildman–Crippen MR) is 71.1 cm³/mol. The van der Waals surface area contributed by atoms with Crippen molar-refractivity contribution in [1.82, 2.24) is 4.98 Å². The number of rotatable bonds is 4. The smallest absolute Gasteiger partial charge is 0.311 e. The summed E-state index contributed by atoms with van der Waals surface area (Å²) in [6, 6.07) is 9.86. The van der Waals surface area contributed by atoms with E-state index >= 15 is 0 Å². The van der Waals surface area contributed by atoms with Crippen LogP contribution in [0.2, 0.25) is 5.02 Å². The second-order valence-electron chi connectivity index (χ2n) is 3.69. The lowest BCUT2D eigenvalue weighted by Gasteiger charge is -2.07. The van der Waals surface area contributed by atoms with Crippen LogP contribution in [0.4, 0.5) is 11.5 Å². The van der Waals surface area contributed by atoms with Gasteiger partial charge in [-0.1, -0.05) is 29.8 Å². The maximum atomic E-state index is 10.6. The average molecular weight is 280 g/mol. The zero-order valence-electron chi connectivity index (χ0n) is 9.75. The van der Waals surface area contributed by atoms with Gasteiger partial charge in [-0.25, -0.2) is 0 Å². The monoisotopic (exact) mass is 279 g/mol. The number of hydrogen-bond acceptors (Lipinski definition) is 5. The number of anilines is 1. The lowest BCUT2D eigenvalue weighted by Crippen LogP contribution is -2.02. The Bertz CT molecular complexity index is 619. The van der Waals surface area contributed by atoms with Gasteiger partial charge in [0, 0.05) is 22.7 Å². The van der Waals surface area contributed by atoms with Gasteiger partial charge in [-0.3, -0.25) is 10.1 Å². The van der Waals surface area contributed by atoms with Crippen LogP contribution in [-0.4, -0.2) is 9.91 Å². The third kappa shape index (κ3) is 3.11. The molecule has 0 unspecified atom stereocenters. The summed E-state index contributed by atoms with van der Waals surface area (Å²) < 4.78 is 5.39. The lowest BCUT2D eigenvalue weighted by atomic mass is 10.2. The zero-order chi connectivity index (χ0) is 13.8. The van der Waals surface area contributed by atoms with Crippen molar-refractivity contribution < 1.29 is 9.66 Å². The molecular weight excluding hydrogens is 270 g/mol. The SMILES string of the molecule is Nc1nc(OCc2ccccc2Cl)ccc1[N+](=O)[O-]. The molecule has 0 aliphatic rings. The summed E-state index contributed by atoms with van der Waals surface area (Å²) in [4.78, 5) is 13.8. The summed E-state index contributed by atoms with van der Waals surface area (Å²) in [5.41, 5.74) is 6.01. The summed E-state index contributed by atoms with van der Waals surface area (Å²) in [6.45, 7) is 0.212. The molecule has 0 aliphatic carbocycles. The van der Waals surface area contributed by atoms with Crippen LogP contribution < -0.4 is 10.5 Å². The molecule has 0 saturated heterocycles. The van der Waals surface area contributed by atoms with Crippen molar-refractivity contribution in [2.45, 2.75) is 6.61 Å². The Morgan fingerprint density at radius 3 is 2.68 bits per heavy atom. The van der Waals surface area contributed by atoms with Gasteiger partial charge in [-0.05, 0) is 6.07 Å². The quantitative estimate of drug-likeness (QED) is 0.686. The number of nitro groups is 1. The van der Waals surface area contributed by atoms with Gasteiger partial charge in [0.15, 0.2) is 0 Å². The van der Waals surface area contributed by atoms with Gasteiger partial charge in [0.05, 0.1) is 4.92 Å². The van der Waals surface area contributed by atoms with E-state index in [4.69, 9.17) is 22.1 Å². The summed E-state index contributed by atoms with van der Waals surface area (Å²) in [5.74, 6) is 0.0321. The average Bonchev–Trinajstić information content (AvgIpc) is 2.37. The number of hydrogen-bond donors (Lipinski definition) is 1. The van der Waals surface area contributed by atoms with Crippen LogP contribution in [-0.2, 0) is 6.61 Å². The molecule has 6 nitrogen and oxygen atoms in total. The van der Waals surface area contributed by atoms with Crippen LogP contribution >= 0.6 is 11.6 Å². The van der Waals surface area contributed by atoms with Crippen LogP contribution in [0, 0.1) is 10.1 Å². The van der Waals surface area contributed by atoms with E-state index in [2.05, 4.69) is 4.98 Å². The van der Waals surface area contributed by atoms with Crippen LogP contribution in [0.3, 0.4) is 0 Å². The van der Waals surface area contributed by atoms with Crippen molar-refractivity contribution in [3.05, 3.63) is 57.1 Å². The van der Waals surface area contributed by atoms with Crippen LogP contribution in [0.1, 0.15) is 5.56 Å². The van der Waals surface area contributed by atoms with Crippen molar-refractivity contribution in [1.29, 1.82) is 0 Å². The third-order valence-electron chi connectivity index (χ3n) is 2.41. The highest BCUT2D eigenvalue weighted by molar-refractivity contribution is 6.31. The van der Waals surface area contributed by atoms with Gasteiger partial charge in [0.25, 0.3) is 0 Å². The molecule has 1 heterocycles. The minimum Gasteiger partial charge on any atom is -0.473 e. The summed E-state index contributed by atoms with van der Waals surface area (Å²) >= 11 is 5.97. The van der Waals surface area contributed by atoms with Gasteiger partial charge in [-0.15, -0.1) is 0 Å². The van der Waals surface area contributed by atoms with E-state index < -0.39 is 4.92 Å². The standard InChI is InChI=1S/C12H10ClN3O3/c13-9-4-2-1-3-8(9)7-19-11-6-5-10(16(17)18)12(14)15-11/h1-6H,7H2,(H2,14,15). The predicted octanol–water partition coefficient (Wildman–Crippen LogP) is 2.80. The van der Waals surface area contributed by atoms with Gasteiger partial charge in [0.1, 0.15) is 6.61 Å². The Hall–Kier alpha value is -2.34. The second kappa shape index (κ2) is 5.53. The second-order valence-corrected chi connectivity index (χ2v) is 4.10. The molecule has 2 N–H and O–H groups in total. The highest BCUT2D eigenvalue weighted by Gasteiger charge is 2.13. The zero-order valence-corrected chi connectivity index (χ0v) is 10.5. The number of nitrogen functional groups attached to an aromatic ring is 1. The molecule has 7 heteroatoms. The highest BCUT2D eigenvalue weighted by atomic mass is 35.5. The Morgan fingerprint density at radius 1 is 1.32 bits per heavy atom.